The van der Waals surface area contributed by atoms with Gasteiger partial charge in [0.2, 0.25) is 0 Å². The summed E-state index contributed by atoms with van der Waals surface area (Å²) < 4.78 is 112. The van der Waals surface area contributed by atoms with Crippen LogP contribution < -0.4 is 4.74 Å². The van der Waals surface area contributed by atoms with Crippen molar-refractivity contribution in [1.29, 1.82) is 0 Å². The molecule has 0 N–H and O–H groups in total. The fraction of sp³-hybridized carbons (Fsp3) is 0.545. The van der Waals surface area contributed by atoms with E-state index in [1.165, 1.54) is 24.3 Å². The van der Waals surface area contributed by atoms with Crippen LogP contribution in [0.5, 0.6) is 5.75 Å². The van der Waals surface area contributed by atoms with Gasteiger partial charge in [-0.15, -0.1) is 0 Å². The summed E-state index contributed by atoms with van der Waals surface area (Å²) in [6.07, 6.45) is -8.30. The number of aryl methyl sites for hydroxylation is 1. The Hall–Kier alpha value is -2.01. The minimum absolute atomic E-state index is 0.0337. The lowest BCUT2D eigenvalue weighted by molar-refractivity contribution is -0.185. The molecule has 1 aliphatic rings. The fourth-order valence-electron chi connectivity index (χ4n) is 4.08. The molecule has 3 rings (SSSR count). The summed E-state index contributed by atoms with van der Waals surface area (Å²) in [6, 6.07) is 7.13. The summed E-state index contributed by atoms with van der Waals surface area (Å²) in [7, 11) is -3.56. The minimum atomic E-state index is -4.72. The Balaban J connectivity index is 1.77. The van der Waals surface area contributed by atoms with Gasteiger partial charge in [-0.05, 0) is 60.9 Å². The summed E-state index contributed by atoms with van der Waals surface area (Å²) in [5, 5.41) is 0.261. The Morgan fingerprint density at radius 1 is 0.970 bits per heavy atom. The molecule has 33 heavy (non-hydrogen) atoms. The number of alkyl halides is 6. The highest BCUT2D eigenvalue weighted by atomic mass is 32.2. The summed E-state index contributed by atoms with van der Waals surface area (Å²) >= 11 is 0. The summed E-state index contributed by atoms with van der Waals surface area (Å²) in [6.45, 7) is -0.0337. The van der Waals surface area contributed by atoms with E-state index in [2.05, 4.69) is 4.18 Å². The molecule has 0 bridgehead atoms. The molecular weight excluding hydrogens is 474 g/mol. The van der Waals surface area contributed by atoms with Crippen molar-refractivity contribution in [3.8, 4) is 5.75 Å². The lowest BCUT2D eigenvalue weighted by Gasteiger charge is -2.31. The highest BCUT2D eigenvalue weighted by Gasteiger charge is 2.42. The number of benzene rings is 2. The summed E-state index contributed by atoms with van der Waals surface area (Å²) in [5.74, 6) is -1.84. The molecule has 4 nitrogen and oxygen atoms in total. The van der Waals surface area contributed by atoms with Gasteiger partial charge in [0.1, 0.15) is 11.3 Å². The molecule has 2 aromatic rings. The Morgan fingerprint density at radius 2 is 1.64 bits per heavy atom. The first-order valence-corrected chi connectivity index (χ1v) is 12.3. The highest BCUT2D eigenvalue weighted by Crippen LogP contribution is 2.44. The molecular formula is C22H24F6O4S. The van der Waals surface area contributed by atoms with Crippen LogP contribution in [-0.4, -0.2) is 33.6 Å². The maximum Gasteiger partial charge on any atom is 0.420 e. The second-order valence-electron chi connectivity index (χ2n) is 8.25. The Bertz CT molecular complexity index is 1070. The lowest BCUT2D eigenvalue weighted by Crippen LogP contribution is -2.32. The SMILES string of the molecule is CS(=O)(=O)OCCCc1ccc2c(C(F)(F)F)c(O[C@H]3CC[C@@H](C(F)(F)F)CC3)ccc2c1. The van der Waals surface area contributed by atoms with Crippen LogP contribution in [0.4, 0.5) is 26.3 Å². The maximum atomic E-state index is 13.9. The molecule has 0 spiro atoms. The van der Waals surface area contributed by atoms with Gasteiger partial charge in [-0.3, -0.25) is 4.18 Å². The Kier molecular flexibility index (Phi) is 7.52. The third kappa shape index (κ3) is 6.99. The Morgan fingerprint density at radius 3 is 2.21 bits per heavy atom. The van der Waals surface area contributed by atoms with Crippen molar-refractivity contribution in [2.45, 2.75) is 57.0 Å². The van der Waals surface area contributed by atoms with E-state index in [1.54, 1.807) is 6.07 Å². The van der Waals surface area contributed by atoms with E-state index in [1.807, 2.05) is 0 Å². The monoisotopic (exact) mass is 498 g/mol. The first-order chi connectivity index (χ1) is 15.2. The topological polar surface area (TPSA) is 52.6 Å². The van der Waals surface area contributed by atoms with Crippen LogP contribution in [0.25, 0.3) is 10.8 Å². The predicted octanol–water partition coefficient (Wildman–Crippen LogP) is 6.27. The van der Waals surface area contributed by atoms with E-state index < -0.39 is 40.1 Å². The zero-order valence-corrected chi connectivity index (χ0v) is 18.6. The molecule has 0 saturated heterocycles. The van der Waals surface area contributed by atoms with E-state index in [9.17, 15) is 34.8 Å². The third-order valence-electron chi connectivity index (χ3n) is 5.67. The van der Waals surface area contributed by atoms with Crippen LogP contribution in [0, 0.1) is 5.92 Å². The van der Waals surface area contributed by atoms with Crippen molar-refractivity contribution in [3.05, 3.63) is 41.5 Å². The normalized spacial score (nSPS) is 20.2. The van der Waals surface area contributed by atoms with Crippen molar-refractivity contribution in [1.82, 2.24) is 0 Å². The molecule has 1 saturated carbocycles. The van der Waals surface area contributed by atoms with Crippen LogP contribution >= 0.6 is 0 Å². The molecule has 0 aromatic heterocycles. The molecule has 0 atom stereocenters. The average molecular weight is 498 g/mol. The van der Waals surface area contributed by atoms with Crippen molar-refractivity contribution in [3.63, 3.8) is 0 Å². The van der Waals surface area contributed by atoms with E-state index in [4.69, 9.17) is 4.74 Å². The van der Waals surface area contributed by atoms with E-state index >= 15 is 0 Å². The lowest BCUT2D eigenvalue weighted by atomic mass is 9.87. The van der Waals surface area contributed by atoms with Gasteiger partial charge < -0.3 is 4.74 Å². The molecule has 1 fully saturated rings. The summed E-state index contributed by atoms with van der Waals surface area (Å²) in [5.41, 5.74) is -0.239. The van der Waals surface area contributed by atoms with Crippen LogP contribution in [-0.2, 0) is 26.9 Å². The highest BCUT2D eigenvalue weighted by molar-refractivity contribution is 7.85. The number of hydrogen-bond acceptors (Lipinski definition) is 4. The van der Waals surface area contributed by atoms with Crippen LogP contribution in [0.2, 0.25) is 0 Å². The quantitative estimate of drug-likeness (QED) is 0.257. The summed E-state index contributed by atoms with van der Waals surface area (Å²) in [4.78, 5) is 0. The fourth-order valence-corrected chi connectivity index (χ4v) is 4.50. The maximum absolute atomic E-state index is 13.9. The number of halogens is 6. The standard InChI is InChI=1S/C22H24F6O4S/c1-33(29,30)31-12-2-3-14-4-10-18-15(13-14)5-11-19(20(18)22(26,27)28)32-17-8-6-16(7-9-17)21(23,24)25/h4-5,10-11,13,16-17H,2-3,6-9,12H2,1H3/t16-,17+. The van der Waals surface area contributed by atoms with E-state index in [0.717, 1.165) is 6.26 Å². The van der Waals surface area contributed by atoms with Gasteiger partial charge >= 0.3 is 12.4 Å². The second-order valence-corrected chi connectivity index (χ2v) is 9.90. The first-order valence-electron chi connectivity index (χ1n) is 10.4. The van der Waals surface area contributed by atoms with Gasteiger partial charge in [0, 0.05) is 0 Å². The predicted molar refractivity (Wildman–Crippen MR) is 110 cm³/mol. The van der Waals surface area contributed by atoms with Gasteiger partial charge in [-0.2, -0.15) is 34.8 Å². The van der Waals surface area contributed by atoms with Crippen molar-refractivity contribution in [2.24, 2.45) is 5.92 Å². The number of fused-ring (bicyclic) bond motifs is 1. The number of rotatable bonds is 7. The van der Waals surface area contributed by atoms with Crippen LogP contribution in [0.15, 0.2) is 30.3 Å². The van der Waals surface area contributed by atoms with Gasteiger partial charge in [0.25, 0.3) is 10.1 Å². The largest absolute Gasteiger partial charge is 0.490 e. The molecule has 0 unspecified atom stereocenters. The molecule has 0 heterocycles. The number of hydrogen-bond donors (Lipinski definition) is 0. The van der Waals surface area contributed by atoms with E-state index in [0.29, 0.717) is 23.8 Å². The zero-order valence-electron chi connectivity index (χ0n) is 17.8. The van der Waals surface area contributed by atoms with Crippen molar-refractivity contribution >= 4 is 20.9 Å². The Labute approximate surface area is 188 Å². The number of ether oxygens (including phenoxy) is 1. The van der Waals surface area contributed by atoms with Gasteiger partial charge in [-0.1, -0.05) is 24.3 Å². The first kappa shape index (κ1) is 25.6. The average Bonchev–Trinajstić information content (AvgIpc) is 2.69. The molecule has 0 amide bonds. The smallest absolute Gasteiger partial charge is 0.420 e. The molecule has 184 valence electrons. The molecule has 1 aliphatic carbocycles. The third-order valence-corrected chi connectivity index (χ3v) is 6.26. The van der Waals surface area contributed by atoms with Crippen molar-refractivity contribution < 1.29 is 43.7 Å². The van der Waals surface area contributed by atoms with Crippen LogP contribution in [0.1, 0.15) is 43.2 Å². The molecule has 0 radical (unpaired) electrons. The van der Waals surface area contributed by atoms with Gasteiger partial charge in [0.15, 0.2) is 0 Å². The van der Waals surface area contributed by atoms with Crippen LogP contribution in [0.3, 0.4) is 0 Å². The molecule has 11 heteroatoms. The molecule has 0 aliphatic heterocycles. The minimum Gasteiger partial charge on any atom is -0.490 e. The van der Waals surface area contributed by atoms with E-state index in [-0.39, 0.29) is 43.4 Å². The van der Waals surface area contributed by atoms with Gasteiger partial charge in [0.05, 0.1) is 24.9 Å². The van der Waals surface area contributed by atoms with Gasteiger partial charge in [-0.25, -0.2) is 0 Å². The zero-order chi connectivity index (χ0) is 24.4. The second kappa shape index (κ2) is 9.69. The molecule has 2 aromatic carbocycles. The van der Waals surface area contributed by atoms with Crippen molar-refractivity contribution in [2.75, 3.05) is 12.9 Å².